The minimum atomic E-state index is -0.0520. The van der Waals surface area contributed by atoms with Crippen LogP contribution in [0.25, 0.3) is 0 Å². The quantitative estimate of drug-likeness (QED) is 0.880. The lowest BCUT2D eigenvalue weighted by atomic mass is 10.2. The molecule has 0 spiro atoms. The molecule has 0 saturated carbocycles. The summed E-state index contributed by atoms with van der Waals surface area (Å²) >= 11 is 5.86. The second-order valence-electron chi connectivity index (χ2n) is 4.13. The van der Waals surface area contributed by atoms with Gasteiger partial charge in [-0.15, -0.1) is 0 Å². The Labute approximate surface area is 117 Å². The van der Waals surface area contributed by atoms with E-state index in [1.165, 1.54) is 0 Å². The zero-order valence-electron chi connectivity index (χ0n) is 10.4. The van der Waals surface area contributed by atoms with E-state index in [0.717, 1.165) is 11.3 Å². The van der Waals surface area contributed by atoms with Crippen molar-refractivity contribution in [2.24, 2.45) is 0 Å². The standard InChI is InChI=1S/C15H15ClN2O/c16-13-7-4-8-14(9-13)17-11-15(19)18-10-12-5-2-1-3-6-12/h1-9,17H,10-11H2,(H,18,19). The molecule has 2 aromatic carbocycles. The summed E-state index contributed by atoms with van der Waals surface area (Å²) in [5, 5.41) is 6.52. The summed E-state index contributed by atoms with van der Waals surface area (Å²) < 4.78 is 0. The van der Waals surface area contributed by atoms with E-state index < -0.39 is 0 Å². The fourth-order valence-corrected chi connectivity index (χ4v) is 1.83. The number of anilines is 1. The molecule has 2 N–H and O–H groups in total. The van der Waals surface area contributed by atoms with Crippen molar-refractivity contribution in [3.8, 4) is 0 Å². The first kappa shape index (κ1) is 13.4. The van der Waals surface area contributed by atoms with Crippen LogP contribution in [0.15, 0.2) is 54.6 Å². The van der Waals surface area contributed by atoms with Crippen LogP contribution in [0.1, 0.15) is 5.56 Å². The van der Waals surface area contributed by atoms with E-state index in [-0.39, 0.29) is 12.5 Å². The number of hydrogen-bond donors (Lipinski definition) is 2. The maximum Gasteiger partial charge on any atom is 0.239 e. The van der Waals surface area contributed by atoms with Crippen LogP contribution in [-0.4, -0.2) is 12.5 Å². The summed E-state index contributed by atoms with van der Waals surface area (Å²) in [4.78, 5) is 11.7. The molecule has 1 amide bonds. The molecule has 0 aliphatic carbocycles. The Morgan fingerprint density at radius 2 is 1.84 bits per heavy atom. The van der Waals surface area contributed by atoms with E-state index in [1.807, 2.05) is 42.5 Å². The van der Waals surface area contributed by atoms with Gasteiger partial charge in [-0.3, -0.25) is 4.79 Å². The minimum absolute atomic E-state index is 0.0520. The largest absolute Gasteiger partial charge is 0.376 e. The topological polar surface area (TPSA) is 41.1 Å². The predicted octanol–water partition coefficient (Wildman–Crippen LogP) is 3.07. The molecule has 0 unspecified atom stereocenters. The molecule has 0 heterocycles. The monoisotopic (exact) mass is 274 g/mol. The van der Waals surface area contributed by atoms with Crippen molar-refractivity contribution < 1.29 is 4.79 Å². The number of carbonyl (C=O) groups is 1. The molecule has 0 atom stereocenters. The second-order valence-corrected chi connectivity index (χ2v) is 4.56. The molecular weight excluding hydrogens is 260 g/mol. The van der Waals surface area contributed by atoms with Crippen LogP contribution >= 0.6 is 11.6 Å². The van der Waals surface area contributed by atoms with Crippen molar-refractivity contribution >= 4 is 23.2 Å². The summed E-state index contributed by atoms with van der Waals surface area (Å²) in [5.41, 5.74) is 1.92. The molecule has 0 saturated heterocycles. The van der Waals surface area contributed by atoms with E-state index in [4.69, 9.17) is 11.6 Å². The molecule has 0 bridgehead atoms. The molecule has 0 fully saturated rings. The number of carbonyl (C=O) groups excluding carboxylic acids is 1. The smallest absolute Gasteiger partial charge is 0.239 e. The first-order valence-corrected chi connectivity index (χ1v) is 6.42. The van der Waals surface area contributed by atoms with Crippen LogP contribution in [0.2, 0.25) is 5.02 Å². The summed E-state index contributed by atoms with van der Waals surface area (Å²) in [5.74, 6) is -0.0520. The fourth-order valence-electron chi connectivity index (χ4n) is 1.64. The first-order chi connectivity index (χ1) is 9.24. The highest BCUT2D eigenvalue weighted by molar-refractivity contribution is 6.30. The minimum Gasteiger partial charge on any atom is -0.376 e. The van der Waals surface area contributed by atoms with E-state index in [1.54, 1.807) is 12.1 Å². The third kappa shape index (κ3) is 4.64. The number of rotatable bonds is 5. The molecule has 2 rings (SSSR count). The van der Waals surface area contributed by atoms with Gasteiger partial charge in [-0.1, -0.05) is 48.0 Å². The van der Waals surface area contributed by atoms with Gasteiger partial charge in [-0.25, -0.2) is 0 Å². The van der Waals surface area contributed by atoms with Crippen LogP contribution in [0.3, 0.4) is 0 Å². The predicted molar refractivity (Wildman–Crippen MR) is 78.2 cm³/mol. The van der Waals surface area contributed by atoms with Crippen molar-refractivity contribution in [1.29, 1.82) is 0 Å². The number of benzene rings is 2. The molecule has 19 heavy (non-hydrogen) atoms. The number of nitrogens with one attached hydrogen (secondary N) is 2. The van der Waals surface area contributed by atoms with Gasteiger partial charge in [-0.05, 0) is 23.8 Å². The van der Waals surface area contributed by atoms with Gasteiger partial charge in [-0.2, -0.15) is 0 Å². The highest BCUT2D eigenvalue weighted by atomic mass is 35.5. The van der Waals surface area contributed by atoms with Crippen LogP contribution in [0.4, 0.5) is 5.69 Å². The van der Waals surface area contributed by atoms with Crippen LogP contribution in [-0.2, 0) is 11.3 Å². The molecule has 4 heteroatoms. The third-order valence-corrected chi connectivity index (χ3v) is 2.85. The van der Waals surface area contributed by atoms with Gasteiger partial charge in [0.2, 0.25) is 5.91 Å². The van der Waals surface area contributed by atoms with Crippen molar-refractivity contribution in [2.45, 2.75) is 6.54 Å². The second kappa shape index (κ2) is 6.81. The van der Waals surface area contributed by atoms with Gasteiger partial charge < -0.3 is 10.6 Å². The van der Waals surface area contributed by atoms with Gasteiger partial charge in [0, 0.05) is 17.3 Å². The van der Waals surface area contributed by atoms with Gasteiger partial charge in [0.25, 0.3) is 0 Å². The van der Waals surface area contributed by atoms with Crippen molar-refractivity contribution in [3.05, 3.63) is 65.2 Å². The maximum atomic E-state index is 11.7. The van der Waals surface area contributed by atoms with Crippen LogP contribution in [0.5, 0.6) is 0 Å². The van der Waals surface area contributed by atoms with Gasteiger partial charge >= 0.3 is 0 Å². The Kier molecular flexibility index (Phi) is 4.81. The molecule has 0 aromatic heterocycles. The Morgan fingerprint density at radius 1 is 1.05 bits per heavy atom. The Bertz CT molecular complexity index is 543. The molecule has 0 aliphatic rings. The Hall–Kier alpha value is -2.00. The number of amides is 1. The van der Waals surface area contributed by atoms with E-state index in [2.05, 4.69) is 10.6 Å². The highest BCUT2D eigenvalue weighted by Crippen LogP contribution is 2.14. The fraction of sp³-hybridized carbons (Fsp3) is 0.133. The third-order valence-electron chi connectivity index (χ3n) is 2.61. The summed E-state index contributed by atoms with van der Waals surface area (Å²) in [6.07, 6.45) is 0. The summed E-state index contributed by atoms with van der Waals surface area (Å²) in [7, 11) is 0. The SMILES string of the molecule is O=C(CNc1cccc(Cl)c1)NCc1ccccc1. The zero-order chi connectivity index (χ0) is 13.5. The molecule has 2 aromatic rings. The molecule has 0 aliphatic heterocycles. The van der Waals surface area contributed by atoms with Gasteiger partial charge in [0.1, 0.15) is 0 Å². The summed E-state index contributed by atoms with van der Waals surface area (Å²) in [6.45, 7) is 0.768. The van der Waals surface area contributed by atoms with E-state index in [9.17, 15) is 4.79 Å². The van der Waals surface area contributed by atoms with E-state index in [0.29, 0.717) is 11.6 Å². The molecular formula is C15H15ClN2O. The van der Waals surface area contributed by atoms with Crippen LogP contribution in [0, 0.1) is 0 Å². The number of halogens is 1. The lowest BCUT2D eigenvalue weighted by molar-refractivity contribution is -0.119. The number of hydrogen-bond acceptors (Lipinski definition) is 2. The normalized spacial score (nSPS) is 9.95. The average molecular weight is 275 g/mol. The Morgan fingerprint density at radius 3 is 2.58 bits per heavy atom. The van der Waals surface area contributed by atoms with Crippen molar-refractivity contribution in [3.63, 3.8) is 0 Å². The first-order valence-electron chi connectivity index (χ1n) is 6.04. The van der Waals surface area contributed by atoms with Crippen molar-refractivity contribution in [2.75, 3.05) is 11.9 Å². The molecule has 0 radical (unpaired) electrons. The molecule has 3 nitrogen and oxygen atoms in total. The highest BCUT2D eigenvalue weighted by Gasteiger charge is 2.01. The zero-order valence-corrected chi connectivity index (χ0v) is 11.2. The lowest BCUT2D eigenvalue weighted by Crippen LogP contribution is -2.29. The maximum absolute atomic E-state index is 11.7. The van der Waals surface area contributed by atoms with Crippen LogP contribution < -0.4 is 10.6 Å². The van der Waals surface area contributed by atoms with Gasteiger partial charge in [0.05, 0.1) is 6.54 Å². The lowest BCUT2D eigenvalue weighted by Gasteiger charge is -2.08. The average Bonchev–Trinajstić information content (AvgIpc) is 2.44. The summed E-state index contributed by atoms with van der Waals surface area (Å²) in [6, 6.07) is 17.1. The molecule has 98 valence electrons. The van der Waals surface area contributed by atoms with E-state index >= 15 is 0 Å². The Balaban J connectivity index is 1.76. The van der Waals surface area contributed by atoms with Crippen molar-refractivity contribution in [1.82, 2.24) is 5.32 Å². The van der Waals surface area contributed by atoms with Gasteiger partial charge in [0.15, 0.2) is 0 Å².